The lowest BCUT2D eigenvalue weighted by atomic mass is 9.99. The van der Waals surface area contributed by atoms with Crippen molar-refractivity contribution in [3.63, 3.8) is 0 Å². The zero-order valence-electron chi connectivity index (χ0n) is 18.8. The van der Waals surface area contributed by atoms with E-state index in [9.17, 15) is 9.59 Å². The Morgan fingerprint density at radius 2 is 1.74 bits per heavy atom. The minimum atomic E-state index is -1.13. The second-order valence-corrected chi connectivity index (χ2v) is 7.96. The Kier molecular flexibility index (Phi) is 5.64. The maximum Gasteiger partial charge on any atom is 0.375 e. The summed E-state index contributed by atoms with van der Waals surface area (Å²) in [5.74, 6) is -0.259. The molecule has 5 aromatic rings. The maximum atomic E-state index is 13.6. The van der Waals surface area contributed by atoms with Crippen LogP contribution in [0.1, 0.15) is 45.1 Å². The number of ketones is 1. The number of carbonyl (C=O) groups is 2. The number of H-pyrrole nitrogens is 1. The van der Waals surface area contributed by atoms with E-state index >= 15 is 0 Å². The first-order valence-electron chi connectivity index (χ1n) is 11.1. The molecule has 6 nitrogen and oxygen atoms in total. The van der Waals surface area contributed by atoms with E-state index in [2.05, 4.69) is 4.98 Å². The molecule has 0 radical (unpaired) electrons. The number of Topliss-reactive ketones (excluding diaryl/α,β-unsaturated/α-hetero) is 1. The van der Waals surface area contributed by atoms with Crippen molar-refractivity contribution in [3.05, 3.63) is 101 Å². The third kappa shape index (κ3) is 3.83. The predicted molar refractivity (Wildman–Crippen MR) is 129 cm³/mol. The van der Waals surface area contributed by atoms with Crippen LogP contribution in [0, 0.1) is 6.92 Å². The van der Waals surface area contributed by atoms with E-state index in [1.807, 2.05) is 43.3 Å². The van der Waals surface area contributed by atoms with E-state index in [1.54, 1.807) is 49.5 Å². The molecular weight excluding hydrogens is 430 g/mol. The number of carbonyl (C=O) groups excluding carboxylic acids is 2. The zero-order chi connectivity index (χ0) is 23.7. The molecule has 34 heavy (non-hydrogen) atoms. The van der Waals surface area contributed by atoms with Gasteiger partial charge in [-0.25, -0.2) is 4.79 Å². The Hall–Kier alpha value is -4.32. The van der Waals surface area contributed by atoms with Gasteiger partial charge >= 0.3 is 5.97 Å². The van der Waals surface area contributed by atoms with Gasteiger partial charge in [0.05, 0.1) is 6.61 Å². The number of para-hydroxylation sites is 1. The molecule has 0 bridgehead atoms. The molecular formula is C28H23NO5. The molecule has 170 valence electrons. The molecule has 0 fully saturated rings. The SMILES string of the molecule is CCOc1ccc2oc(C(=O)OC(C(=O)c3c[nH]c4ccccc34)c3ccccc3)c(C)c2c1. The fraction of sp³-hybridized carbons (Fsp3) is 0.143. The number of aryl methyl sites for hydroxylation is 1. The van der Waals surface area contributed by atoms with Gasteiger partial charge in [-0.3, -0.25) is 4.79 Å². The zero-order valence-corrected chi connectivity index (χ0v) is 18.8. The van der Waals surface area contributed by atoms with Gasteiger partial charge < -0.3 is 18.9 Å². The van der Waals surface area contributed by atoms with Gasteiger partial charge in [0.2, 0.25) is 11.5 Å². The number of furan rings is 1. The first-order valence-corrected chi connectivity index (χ1v) is 11.1. The van der Waals surface area contributed by atoms with Crippen molar-refractivity contribution in [2.75, 3.05) is 6.61 Å². The highest BCUT2D eigenvalue weighted by molar-refractivity contribution is 6.11. The van der Waals surface area contributed by atoms with Gasteiger partial charge in [-0.2, -0.15) is 0 Å². The molecule has 2 heterocycles. The van der Waals surface area contributed by atoms with E-state index in [1.165, 1.54) is 0 Å². The maximum absolute atomic E-state index is 13.6. The normalized spacial score (nSPS) is 12.1. The first kappa shape index (κ1) is 21.5. The largest absolute Gasteiger partial charge is 0.494 e. The Labute approximate surface area is 196 Å². The van der Waals surface area contributed by atoms with Crippen molar-refractivity contribution in [1.29, 1.82) is 0 Å². The number of esters is 1. The number of nitrogens with one attached hydrogen (secondary N) is 1. The second kappa shape index (κ2) is 8.90. The fourth-order valence-electron chi connectivity index (χ4n) is 4.13. The van der Waals surface area contributed by atoms with Gasteiger partial charge in [-0.15, -0.1) is 0 Å². The van der Waals surface area contributed by atoms with Crippen molar-refractivity contribution in [1.82, 2.24) is 4.98 Å². The van der Waals surface area contributed by atoms with Gasteiger partial charge in [0.1, 0.15) is 11.3 Å². The summed E-state index contributed by atoms with van der Waals surface area (Å²) < 4.78 is 17.2. The van der Waals surface area contributed by atoms with Crippen molar-refractivity contribution in [2.45, 2.75) is 20.0 Å². The molecule has 2 aromatic heterocycles. The molecule has 0 spiro atoms. The molecule has 0 saturated heterocycles. The van der Waals surface area contributed by atoms with Crippen LogP contribution in [0.3, 0.4) is 0 Å². The highest BCUT2D eigenvalue weighted by Crippen LogP contribution is 2.32. The average Bonchev–Trinajstić information content (AvgIpc) is 3.44. The number of hydrogen-bond acceptors (Lipinski definition) is 5. The predicted octanol–water partition coefficient (Wildman–Crippen LogP) is 6.40. The number of fused-ring (bicyclic) bond motifs is 2. The Bertz CT molecular complexity index is 1500. The van der Waals surface area contributed by atoms with Crippen molar-refractivity contribution in [2.24, 2.45) is 0 Å². The van der Waals surface area contributed by atoms with Crippen LogP contribution in [-0.2, 0) is 4.74 Å². The summed E-state index contributed by atoms with van der Waals surface area (Å²) >= 11 is 0. The molecule has 0 aliphatic heterocycles. The van der Waals surface area contributed by atoms with Crippen LogP contribution in [0.5, 0.6) is 5.75 Å². The number of benzene rings is 3. The molecule has 3 aromatic carbocycles. The fourth-order valence-corrected chi connectivity index (χ4v) is 4.13. The van der Waals surface area contributed by atoms with Crippen LogP contribution in [0.2, 0.25) is 0 Å². The molecule has 0 aliphatic carbocycles. The topological polar surface area (TPSA) is 81.5 Å². The quantitative estimate of drug-likeness (QED) is 0.228. The van der Waals surface area contributed by atoms with E-state index in [0.717, 1.165) is 16.3 Å². The minimum absolute atomic E-state index is 0.0660. The van der Waals surface area contributed by atoms with Crippen molar-refractivity contribution >= 4 is 33.6 Å². The highest BCUT2D eigenvalue weighted by atomic mass is 16.6. The van der Waals surface area contributed by atoms with Crippen LogP contribution >= 0.6 is 0 Å². The lowest BCUT2D eigenvalue weighted by molar-refractivity contribution is 0.0252. The van der Waals surface area contributed by atoms with Crippen molar-refractivity contribution in [3.8, 4) is 5.75 Å². The number of rotatable bonds is 7. The first-order chi connectivity index (χ1) is 16.6. The lowest BCUT2D eigenvalue weighted by Gasteiger charge is -2.16. The monoisotopic (exact) mass is 453 g/mol. The van der Waals surface area contributed by atoms with Gasteiger partial charge in [0.25, 0.3) is 0 Å². The van der Waals surface area contributed by atoms with Crippen molar-refractivity contribution < 1.29 is 23.5 Å². The van der Waals surface area contributed by atoms with Crippen LogP contribution in [0.4, 0.5) is 0 Å². The lowest BCUT2D eigenvalue weighted by Crippen LogP contribution is -2.20. The second-order valence-electron chi connectivity index (χ2n) is 7.96. The van der Waals surface area contributed by atoms with Crippen LogP contribution in [0.15, 0.2) is 83.4 Å². The summed E-state index contributed by atoms with van der Waals surface area (Å²) in [5.41, 5.74) is 3.06. The van der Waals surface area contributed by atoms with E-state index in [4.69, 9.17) is 13.9 Å². The molecule has 0 aliphatic rings. The molecule has 1 N–H and O–H groups in total. The Morgan fingerprint density at radius 1 is 0.971 bits per heavy atom. The minimum Gasteiger partial charge on any atom is -0.494 e. The summed E-state index contributed by atoms with van der Waals surface area (Å²) in [4.78, 5) is 30.0. The molecule has 0 amide bonds. The van der Waals surface area contributed by atoms with Gasteiger partial charge in [-0.05, 0) is 38.1 Å². The van der Waals surface area contributed by atoms with E-state index in [-0.39, 0.29) is 11.5 Å². The summed E-state index contributed by atoms with van der Waals surface area (Å²) in [6.07, 6.45) is 0.526. The third-order valence-corrected chi connectivity index (χ3v) is 5.82. The summed E-state index contributed by atoms with van der Waals surface area (Å²) in [6, 6.07) is 21.9. The Morgan fingerprint density at radius 3 is 2.53 bits per heavy atom. The summed E-state index contributed by atoms with van der Waals surface area (Å²) in [6.45, 7) is 4.23. The third-order valence-electron chi connectivity index (χ3n) is 5.82. The van der Waals surface area contributed by atoms with E-state index in [0.29, 0.717) is 34.6 Å². The van der Waals surface area contributed by atoms with Gasteiger partial charge in [0.15, 0.2) is 6.10 Å². The van der Waals surface area contributed by atoms with Crippen LogP contribution in [-0.4, -0.2) is 23.3 Å². The number of ether oxygens (including phenoxy) is 2. The van der Waals surface area contributed by atoms with Gasteiger partial charge in [0, 0.05) is 39.2 Å². The number of aromatic nitrogens is 1. The van der Waals surface area contributed by atoms with Crippen LogP contribution in [0.25, 0.3) is 21.9 Å². The highest BCUT2D eigenvalue weighted by Gasteiger charge is 2.30. The molecule has 0 saturated carbocycles. The van der Waals surface area contributed by atoms with Gasteiger partial charge in [-0.1, -0.05) is 48.5 Å². The standard InChI is InChI=1S/C28H23NO5/c1-3-32-19-13-14-24-21(15-19)17(2)26(33-24)28(31)34-27(18-9-5-4-6-10-18)25(30)22-16-29-23-12-8-7-11-20(22)23/h4-16,27,29H,3H2,1-2H3. The smallest absolute Gasteiger partial charge is 0.375 e. The molecule has 1 unspecified atom stereocenters. The molecule has 5 rings (SSSR count). The average molecular weight is 453 g/mol. The van der Waals surface area contributed by atoms with E-state index < -0.39 is 12.1 Å². The van der Waals surface area contributed by atoms with Crippen LogP contribution < -0.4 is 4.74 Å². The molecule has 6 heteroatoms. The number of aromatic amines is 1. The summed E-state index contributed by atoms with van der Waals surface area (Å²) in [5, 5.41) is 1.53. The molecule has 1 atom stereocenters. The number of hydrogen-bond donors (Lipinski definition) is 1. The Balaban J connectivity index is 1.51. The summed E-state index contributed by atoms with van der Waals surface area (Å²) in [7, 11) is 0.